The second-order valence-corrected chi connectivity index (χ2v) is 5.33. The van der Waals surface area contributed by atoms with E-state index in [1.165, 1.54) is 25.7 Å². The molecule has 1 saturated carbocycles. The summed E-state index contributed by atoms with van der Waals surface area (Å²) in [6.07, 6.45) is 5.48. The maximum absolute atomic E-state index is 11.7. The fourth-order valence-electron chi connectivity index (χ4n) is 2.76. The number of rotatable bonds is 5. The quantitative estimate of drug-likeness (QED) is 0.807. The summed E-state index contributed by atoms with van der Waals surface area (Å²) in [5.74, 6) is 0.846. The van der Waals surface area contributed by atoms with Crippen LogP contribution >= 0.6 is 0 Å². The summed E-state index contributed by atoms with van der Waals surface area (Å²) in [6, 6.07) is 1.96. The molecule has 0 unspecified atom stereocenters. The first-order valence-corrected chi connectivity index (χ1v) is 6.92. The molecule has 4 heteroatoms. The lowest BCUT2D eigenvalue weighted by molar-refractivity contribution is 0.470. The fraction of sp³-hybridized carbons (Fsp3) is 0.714. The van der Waals surface area contributed by atoms with E-state index in [1.807, 2.05) is 19.9 Å². The van der Waals surface area contributed by atoms with Crippen molar-refractivity contribution >= 4 is 0 Å². The van der Waals surface area contributed by atoms with Crippen molar-refractivity contribution in [3.8, 4) is 0 Å². The van der Waals surface area contributed by atoms with E-state index in [2.05, 4.69) is 10.3 Å². The first kappa shape index (κ1) is 13.3. The van der Waals surface area contributed by atoms with Crippen LogP contribution in [0.15, 0.2) is 10.9 Å². The van der Waals surface area contributed by atoms with Gasteiger partial charge in [0, 0.05) is 24.5 Å². The van der Waals surface area contributed by atoms with Crippen molar-refractivity contribution in [3.05, 3.63) is 27.9 Å². The molecule has 1 N–H and O–H groups in total. The van der Waals surface area contributed by atoms with Gasteiger partial charge in [-0.3, -0.25) is 4.57 Å². The van der Waals surface area contributed by atoms with Gasteiger partial charge in [-0.25, -0.2) is 4.79 Å². The van der Waals surface area contributed by atoms with Crippen molar-refractivity contribution in [2.45, 2.75) is 46.1 Å². The van der Waals surface area contributed by atoms with Gasteiger partial charge in [-0.05, 0) is 45.2 Å². The number of aryl methyl sites for hydroxylation is 2. The standard InChI is InChI=1S/C14H23N3O/c1-11-9-12(2)17(14(18)16-11)8-7-15-10-13-5-3-4-6-13/h9,13,15H,3-8,10H2,1-2H3. The maximum atomic E-state index is 11.7. The first-order chi connectivity index (χ1) is 8.66. The Balaban J connectivity index is 1.81. The predicted molar refractivity (Wildman–Crippen MR) is 72.8 cm³/mol. The Kier molecular flexibility index (Phi) is 4.53. The molecule has 1 aliphatic rings. The highest BCUT2D eigenvalue weighted by Crippen LogP contribution is 2.23. The summed E-state index contributed by atoms with van der Waals surface area (Å²) in [7, 11) is 0. The highest BCUT2D eigenvalue weighted by molar-refractivity contribution is 5.06. The van der Waals surface area contributed by atoms with Crippen LogP contribution in [0.2, 0.25) is 0 Å². The zero-order valence-electron chi connectivity index (χ0n) is 11.4. The van der Waals surface area contributed by atoms with Gasteiger partial charge in [0.15, 0.2) is 0 Å². The lowest BCUT2D eigenvalue weighted by atomic mass is 10.1. The van der Waals surface area contributed by atoms with Crippen LogP contribution in [0.25, 0.3) is 0 Å². The van der Waals surface area contributed by atoms with Crippen LogP contribution in [0.5, 0.6) is 0 Å². The highest BCUT2D eigenvalue weighted by atomic mass is 16.1. The van der Waals surface area contributed by atoms with Gasteiger partial charge in [0.1, 0.15) is 0 Å². The van der Waals surface area contributed by atoms with Gasteiger partial charge in [0.25, 0.3) is 0 Å². The maximum Gasteiger partial charge on any atom is 0.347 e. The SMILES string of the molecule is Cc1cc(C)n(CCNCC2CCCC2)c(=O)n1. The van der Waals surface area contributed by atoms with Crippen molar-refractivity contribution in [1.82, 2.24) is 14.9 Å². The molecule has 0 saturated heterocycles. The van der Waals surface area contributed by atoms with E-state index in [0.29, 0.717) is 6.54 Å². The van der Waals surface area contributed by atoms with Crippen LogP contribution in [0.1, 0.15) is 37.1 Å². The van der Waals surface area contributed by atoms with E-state index in [0.717, 1.165) is 30.4 Å². The van der Waals surface area contributed by atoms with Crippen molar-refractivity contribution in [1.29, 1.82) is 0 Å². The number of hydrogen-bond acceptors (Lipinski definition) is 3. The van der Waals surface area contributed by atoms with E-state index < -0.39 is 0 Å². The molecule has 0 aliphatic heterocycles. The summed E-state index contributed by atoms with van der Waals surface area (Å²) in [4.78, 5) is 15.7. The summed E-state index contributed by atoms with van der Waals surface area (Å²) in [6.45, 7) is 6.48. The first-order valence-electron chi connectivity index (χ1n) is 6.92. The minimum atomic E-state index is -0.129. The zero-order valence-corrected chi connectivity index (χ0v) is 11.4. The van der Waals surface area contributed by atoms with E-state index in [1.54, 1.807) is 4.57 Å². The van der Waals surface area contributed by atoms with Gasteiger partial charge < -0.3 is 5.32 Å². The number of aromatic nitrogens is 2. The van der Waals surface area contributed by atoms with Gasteiger partial charge in [0.2, 0.25) is 0 Å². The molecule has 0 aromatic carbocycles. The molecule has 0 spiro atoms. The lowest BCUT2D eigenvalue weighted by Gasteiger charge is -2.13. The lowest BCUT2D eigenvalue weighted by Crippen LogP contribution is -2.32. The summed E-state index contributed by atoms with van der Waals surface area (Å²) >= 11 is 0. The summed E-state index contributed by atoms with van der Waals surface area (Å²) in [5, 5.41) is 3.46. The number of hydrogen-bond donors (Lipinski definition) is 1. The van der Waals surface area contributed by atoms with E-state index in [4.69, 9.17) is 0 Å². The van der Waals surface area contributed by atoms with Gasteiger partial charge >= 0.3 is 5.69 Å². The second-order valence-electron chi connectivity index (χ2n) is 5.33. The molecule has 18 heavy (non-hydrogen) atoms. The molecule has 1 aromatic rings. The Labute approximate surface area is 108 Å². The number of nitrogens with zero attached hydrogens (tertiary/aromatic N) is 2. The van der Waals surface area contributed by atoms with Crippen LogP contribution in [0.4, 0.5) is 0 Å². The molecule has 1 aromatic heterocycles. The van der Waals surface area contributed by atoms with Crippen molar-refractivity contribution < 1.29 is 0 Å². The van der Waals surface area contributed by atoms with Crippen LogP contribution < -0.4 is 11.0 Å². The van der Waals surface area contributed by atoms with E-state index >= 15 is 0 Å². The van der Waals surface area contributed by atoms with Gasteiger partial charge in [-0.15, -0.1) is 0 Å². The zero-order chi connectivity index (χ0) is 13.0. The predicted octanol–water partition coefficient (Wildman–Crippen LogP) is 1.64. The van der Waals surface area contributed by atoms with E-state index in [9.17, 15) is 4.79 Å². The smallest absolute Gasteiger partial charge is 0.315 e. The summed E-state index contributed by atoms with van der Waals surface area (Å²) < 4.78 is 1.74. The van der Waals surface area contributed by atoms with Gasteiger partial charge in [-0.2, -0.15) is 4.98 Å². The number of nitrogens with one attached hydrogen (secondary N) is 1. The normalized spacial score (nSPS) is 16.3. The fourth-order valence-corrected chi connectivity index (χ4v) is 2.76. The van der Waals surface area contributed by atoms with Crippen molar-refractivity contribution in [3.63, 3.8) is 0 Å². The molecule has 2 rings (SSSR count). The molecule has 0 atom stereocenters. The molecule has 1 aliphatic carbocycles. The van der Waals surface area contributed by atoms with Crippen LogP contribution in [-0.4, -0.2) is 22.6 Å². The van der Waals surface area contributed by atoms with Crippen LogP contribution in [-0.2, 0) is 6.54 Å². The molecule has 0 bridgehead atoms. The van der Waals surface area contributed by atoms with Crippen molar-refractivity contribution in [2.24, 2.45) is 5.92 Å². The largest absolute Gasteiger partial charge is 0.347 e. The van der Waals surface area contributed by atoms with Crippen LogP contribution in [0, 0.1) is 19.8 Å². The molecule has 4 nitrogen and oxygen atoms in total. The van der Waals surface area contributed by atoms with Gasteiger partial charge in [-0.1, -0.05) is 12.8 Å². The average Bonchev–Trinajstić information content (AvgIpc) is 2.79. The third-order valence-corrected chi connectivity index (χ3v) is 3.77. The Morgan fingerprint density at radius 2 is 2.11 bits per heavy atom. The molecular formula is C14H23N3O. The Morgan fingerprint density at radius 3 is 2.78 bits per heavy atom. The minimum absolute atomic E-state index is 0.129. The second kappa shape index (κ2) is 6.14. The monoisotopic (exact) mass is 249 g/mol. The Morgan fingerprint density at radius 1 is 1.39 bits per heavy atom. The molecule has 100 valence electrons. The minimum Gasteiger partial charge on any atom is -0.315 e. The third-order valence-electron chi connectivity index (χ3n) is 3.77. The van der Waals surface area contributed by atoms with Crippen LogP contribution in [0.3, 0.4) is 0 Å². The third kappa shape index (κ3) is 3.42. The molecular weight excluding hydrogens is 226 g/mol. The molecule has 1 heterocycles. The molecule has 0 radical (unpaired) electrons. The Hall–Kier alpha value is -1.16. The van der Waals surface area contributed by atoms with Crippen molar-refractivity contribution in [2.75, 3.05) is 13.1 Å². The summed E-state index contributed by atoms with van der Waals surface area (Å²) in [5.41, 5.74) is 1.66. The molecule has 1 fully saturated rings. The Bertz CT molecular complexity index is 447. The highest BCUT2D eigenvalue weighted by Gasteiger charge is 2.13. The molecule has 0 amide bonds. The topological polar surface area (TPSA) is 46.9 Å². The average molecular weight is 249 g/mol. The van der Waals surface area contributed by atoms with E-state index in [-0.39, 0.29) is 5.69 Å². The van der Waals surface area contributed by atoms with Gasteiger partial charge in [0.05, 0.1) is 0 Å².